The normalized spacial score (nSPS) is 15.3. The molecular weight excluding hydrogens is 496 g/mol. The Kier molecular flexibility index (Phi) is 10.3. The van der Waals surface area contributed by atoms with Crippen LogP contribution in [0.5, 0.6) is 5.75 Å². The number of carbonyl (C=O) groups excluding carboxylic acids is 3. The van der Waals surface area contributed by atoms with Gasteiger partial charge in [0.2, 0.25) is 11.8 Å². The molecule has 3 N–H and O–H groups in total. The number of rotatable bonds is 9. The predicted molar refractivity (Wildman–Crippen MR) is 146 cm³/mol. The molecule has 3 rings (SSSR count). The van der Waals surface area contributed by atoms with Crippen molar-refractivity contribution < 1.29 is 24.2 Å². The summed E-state index contributed by atoms with van der Waals surface area (Å²) in [5.74, 6) is -1.12. The van der Waals surface area contributed by atoms with Gasteiger partial charge in [-0.05, 0) is 56.9 Å². The van der Waals surface area contributed by atoms with Gasteiger partial charge in [-0.1, -0.05) is 61.7 Å². The van der Waals surface area contributed by atoms with E-state index in [-0.39, 0.29) is 18.2 Å². The first-order valence-electron chi connectivity index (χ1n) is 13.4. The number of phenolic OH excluding ortho intramolecular Hbond substituents is 1. The molecule has 2 aromatic rings. The Balaban J connectivity index is 1.98. The fourth-order valence-electron chi connectivity index (χ4n) is 4.77. The van der Waals surface area contributed by atoms with Gasteiger partial charge in [-0.3, -0.25) is 9.59 Å². The van der Waals surface area contributed by atoms with Crippen LogP contribution in [-0.2, 0) is 20.7 Å². The molecule has 1 aliphatic carbocycles. The molecule has 2 aromatic carbocycles. The molecule has 1 aliphatic rings. The standard InChI is InChI=1S/C30H38N4O5/c1-30(2,3)39-29(38)33-25(19-21-11-6-4-7-12-21)28(37)34(18-17-31)26(22-13-10-16-24(35)20-22)27(36)32-23-14-8-5-9-15-23/h4,6-7,10-13,16,20,23,25-26,35H,5,8-9,14-15,18-19H2,1-3H3,(H,32,36)(H,33,38). The number of carbonyl (C=O) groups is 3. The Morgan fingerprint density at radius 1 is 1.08 bits per heavy atom. The number of nitriles is 1. The van der Waals surface area contributed by atoms with Crippen LogP contribution in [-0.4, -0.2) is 52.1 Å². The van der Waals surface area contributed by atoms with E-state index in [1.54, 1.807) is 32.9 Å². The number of phenols is 1. The van der Waals surface area contributed by atoms with Gasteiger partial charge in [-0.2, -0.15) is 5.26 Å². The fraction of sp³-hybridized carbons (Fsp3) is 0.467. The molecule has 1 saturated carbocycles. The van der Waals surface area contributed by atoms with E-state index in [4.69, 9.17) is 4.74 Å². The van der Waals surface area contributed by atoms with Crippen molar-refractivity contribution in [3.8, 4) is 11.8 Å². The second-order valence-electron chi connectivity index (χ2n) is 10.9. The van der Waals surface area contributed by atoms with Gasteiger partial charge in [0.1, 0.15) is 30.0 Å². The molecule has 0 bridgehead atoms. The van der Waals surface area contributed by atoms with Gasteiger partial charge in [0, 0.05) is 12.5 Å². The lowest BCUT2D eigenvalue weighted by Gasteiger charge is -2.34. The minimum Gasteiger partial charge on any atom is -0.508 e. The maximum atomic E-state index is 14.1. The summed E-state index contributed by atoms with van der Waals surface area (Å²) in [5.41, 5.74) is 0.354. The Morgan fingerprint density at radius 2 is 1.77 bits per heavy atom. The van der Waals surface area contributed by atoms with E-state index >= 15 is 0 Å². The molecular formula is C30H38N4O5. The van der Waals surface area contributed by atoms with Gasteiger partial charge >= 0.3 is 6.09 Å². The van der Waals surface area contributed by atoms with Crippen LogP contribution in [0.25, 0.3) is 0 Å². The second-order valence-corrected chi connectivity index (χ2v) is 10.9. The van der Waals surface area contributed by atoms with Crippen LogP contribution < -0.4 is 10.6 Å². The number of aromatic hydroxyl groups is 1. The molecule has 208 valence electrons. The number of alkyl carbamates (subject to hydrolysis) is 1. The third-order valence-electron chi connectivity index (χ3n) is 6.49. The molecule has 0 aromatic heterocycles. The highest BCUT2D eigenvalue weighted by Gasteiger charge is 2.37. The van der Waals surface area contributed by atoms with E-state index in [9.17, 15) is 24.8 Å². The maximum Gasteiger partial charge on any atom is 0.408 e. The molecule has 9 heteroatoms. The molecule has 2 atom stereocenters. The topological polar surface area (TPSA) is 132 Å². The number of nitrogens with zero attached hydrogens (tertiary/aromatic N) is 2. The van der Waals surface area contributed by atoms with Crippen molar-refractivity contribution in [1.29, 1.82) is 5.26 Å². The Labute approximate surface area is 230 Å². The summed E-state index contributed by atoms with van der Waals surface area (Å²) >= 11 is 0. The summed E-state index contributed by atoms with van der Waals surface area (Å²) in [6.07, 6.45) is 4.12. The van der Waals surface area contributed by atoms with Crippen LogP contribution in [0.4, 0.5) is 4.79 Å². The van der Waals surface area contributed by atoms with Crippen molar-refractivity contribution in [2.45, 2.75) is 83.0 Å². The second kappa shape index (κ2) is 13.7. The van der Waals surface area contributed by atoms with Crippen molar-refractivity contribution in [3.63, 3.8) is 0 Å². The van der Waals surface area contributed by atoms with Crippen LogP contribution in [0.3, 0.4) is 0 Å². The van der Waals surface area contributed by atoms with Crippen LogP contribution >= 0.6 is 0 Å². The summed E-state index contributed by atoms with van der Waals surface area (Å²) in [4.78, 5) is 41.7. The van der Waals surface area contributed by atoms with Gasteiger partial charge < -0.3 is 25.4 Å². The Morgan fingerprint density at radius 3 is 2.38 bits per heavy atom. The maximum absolute atomic E-state index is 14.1. The average molecular weight is 535 g/mol. The molecule has 0 spiro atoms. The van der Waals surface area contributed by atoms with E-state index in [1.165, 1.54) is 12.1 Å². The minimum absolute atomic E-state index is 0.0369. The molecule has 9 nitrogen and oxygen atoms in total. The summed E-state index contributed by atoms with van der Waals surface area (Å²) in [7, 11) is 0. The number of hydrogen-bond donors (Lipinski definition) is 3. The zero-order valence-electron chi connectivity index (χ0n) is 22.9. The molecule has 0 heterocycles. The summed E-state index contributed by atoms with van der Waals surface area (Å²) in [6.45, 7) is 4.75. The lowest BCUT2D eigenvalue weighted by molar-refractivity contribution is -0.142. The largest absolute Gasteiger partial charge is 0.508 e. The van der Waals surface area contributed by atoms with Crippen molar-refractivity contribution in [2.75, 3.05) is 6.54 Å². The molecule has 3 amide bonds. The first-order chi connectivity index (χ1) is 18.6. The molecule has 0 radical (unpaired) electrons. The van der Waals surface area contributed by atoms with Crippen molar-refractivity contribution >= 4 is 17.9 Å². The van der Waals surface area contributed by atoms with Gasteiger partial charge in [-0.15, -0.1) is 0 Å². The monoisotopic (exact) mass is 534 g/mol. The number of hydrogen-bond acceptors (Lipinski definition) is 6. The molecule has 2 unspecified atom stereocenters. The average Bonchev–Trinajstić information content (AvgIpc) is 2.88. The Hall–Kier alpha value is -4.06. The van der Waals surface area contributed by atoms with Crippen molar-refractivity contribution in [3.05, 3.63) is 65.7 Å². The van der Waals surface area contributed by atoms with Gasteiger partial charge in [0.25, 0.3) is 0 Å². The lowest BCUT2D eigenvalue weighted by atomic mass is 9.94. The highest BCUT2D eigenvalue weighted by atomic mass is 16.6. The minimum atomic E-state index is -1.19. The number of ether oxygens (including phenoxy) is 1. The number of nitrogens with one attached hydrogen (secondary N) is 2. The third-order valence-corrected chi connectivity index (χ3v) is 6.49. The SMILES string of the molecule is CC(C)(C)OC(=O)NC(Cc1ccccc1)C(=O)N(CC#N)C(C(=O)NC1CCCCC1)c1cccc(O)c1. The fourth-order valence-corrected chi connectivity index (χ4v) is 4.77. The summed E-state index contributed by atoms with van der Waals surface area (Å²) in [6, 6.07) is 14.9. The van der Waals surface area contributed by atoms with Crippen molar-refractivity contribution in [1.82, 2.24) is 15.5 Å². The first kappa shape index (κ1) is 29.5. The van der Waals surface area contributed by atoms with E-state index in [0.29, 0.717) is 5.56 Å². The van der Waals surface area contributed by atoms with E-state index in [1.807, 2.05) is 36.4 Å². The van der Waals surface area contributed by atoms with Crippen LogP contribution in [0.2, 0.25) is 0 Å². The van der Waals surface area contributed by atoms with Crippen LogP contribution in [0.1, 0.15) is 70.0 Å². The smallest absolute Gasteiger partial charge is 0.408 e. The Bertz CT molecular complexity index is 1170. The quantitative estimate of drug-likeness (QED) is 0.410. The van der Waals surface area contributed by atoms with E-state index in [0.717, 1.165) is 42.6 Å². The first-order valence-corrected chi connectivity index (χ1v) is 13.4. The highest BCUT2D eigenvalue weighted by molar-refractivity contribution is 5.92. The van der Waals surface area contributed by atoms with Gasteiger partial charge in [0.05, 0.1) is 6.07 Å². The zero-order chi connectivity index (χ0) is 28.4. The van der Waals surface area contributed by atoms with E-state index < -0.39 is 42.1 Å². The highest BCUT2D eigenvalue weighted by Crippen LogP contribution is 2.27. The number of benzene rings is 2. The molecule has 39 heavy (non-hydrogen) atoms. The van der Waals surface area contributed by atoms with Crippen LogP contribution in [0, 0.1) is 11.3 Å². The van der Waals surface area contributed by atoms with Gasteiger partial charge in [-0.25, -0.2) is 4.79 Å². The molecule has 1 fully saturated rings. The zero-order valence-corrected chi connectivity index (χ0v) is 22.9. The predicted octanol–water partition coefficient (Wildman–Crippen LogP) is 4.37. The lowest BCUT2D eigenvalue weighted by Crippen LogP contribution is -2.54. The molecule has 0 saturated heterocycles. The van der Waals surface area contributed by atoms with E-state index in [2.05, 4.69) is 10.6 Å². The van der Waals surface area contributed by atoms with Crippen LogP contribution in [0.15, 0.2) is 54.6 Å². The third kappa shape index (κ3) is 9.02. The molecule has 0 aliphatic heterocycles. The number of amides is 3. The summed E-state index contributed by atoms with van der Waals surface area (Å²) in [5, 5.41) is 25.6. The van der Waals surface area contributed by atoms with Crippen molar-refractivity contribution in [2.24, 2.45) is 0 Å². The van der Waals surface area contributed by atoms with Gasteiger partial charge in [0.15, 0.2) is 0 Å². The summed E-state index contributed by atoms with van der Waals surface area (Å²) < 4.78 is 5.41.